The van der Waals surface area contributed by atoms with E-state index in [1.54, 1.807) is 25.2 Å². The fourth-order valence-electron chi connectivity index (χ4n) is 3.87. The number of halogens is 1. The van der Waals surface area contributed by atoms with Crippen LogP contribution in [-0.4, -0.2) is 25.2 Å². The first-order chi connectivity index (χ1) is 14.1. The summed E-state index contributed by atoms with van der Waals surface area (Å²) in [4.78, 5) is 32.7. The van der Waals surface area contributed by atoms with Gasteiger partial charge in [0, 0.05) is 31.4 Å². The zero-order valence-corrected chi connectivity index (χ0v) is 15.7. The van der Waals surface area contributed by atoms with Gasteiger partial charge in [0.25, 0.3) is 5.56 Å². The van der Waals surface area contributed by atoms with Crippen molar-refractivity contribution in [1.29, 1.82) is 0 Å². The molecule has 0 spiro atoms. The van der Waals surface area contributed by atoms with Gasteiger partial charge in [-0.3, -0.25) is 13.9 Å². The van der Waals surface area contributed by atoms with E-state index >= 15 is 0 Å². The largest absolute Gasteiger partial charge is 0.332 e. The molecule has 0 unspecified atom stereocenters. The van der Waals surface area contributed by atoms with Crippen LogP contribution in [0.2, 0.25) is 0 Å². The Hall–Kier alpha value is -3.68. The van der Waals surface area contributed by atoms with Gasteiger partial charge in [-0.15, -0.1) is 0 Å². The number of hydrogen-bond acceptors (Lipinski definition) is 4. The summed E-state index contributed by atoms with van der Waals surface area (Å²) in [7, 11) is 1.58. The topological polar surface area (TPSA) is 65.1 Å². The zero-order valence-electron chi connectivity index (χ0n) is 15.7. The van der Waals surface area contributed by atoms with Crippen molar-refractivity contribution in [2.24, 2.45) is 7.05 Å². The Labute approximate surface area is 164 Å². The van der Waals surface area contributed by atoms with Gasteiger partial charge in [0.05, 0.1) is 6.54 Å². The van der Waals surface area contributed by atoms with E-state index in [1.165, 1.54) is 10.6 Å². The SMILES string of the molecule is Cn1c(=O)n(Cc2ccccc2F)c(=O)c2c1nc1n2CCN1c1ccccc1. The maximum absolute atomic E-state index is 14.1. The third kappa shape index (κ3) is 2.60. The van der Waals surface area contributed by atoms with E-state index in [4.69, 9.17) is 0 Å². The Morgan fingerprint density at radius 1 is 1.00 bits per heavy atom. The number of fused-ring (bicyclic) bond motifs is 3. The molecular formula is C21H18FN5O2. The van der Waals surface area contributed by atoms with Crippen LogP contribution in [0.4, 0.5) is 16.0 Å². The smallest absolute Gasteiger partial charge is 0.310 e. The van der Waals surface area contributed by atoms with Gasteiger partial charge in [0.15, 0.2) is 11.2 Å². The molecule has 0 fully saturated rings. The predicted octanol–water partition coefficient (Wildman–Crippen LogP) is 2.24. The molecule has 1 aliphatic rings. The van der Waals surface area contributed by atoms with Gasteiger partial charge in [-0.1, -0.05) is 36.4 Å². The van der Waals surface area contributed by atoms with Gasteiger partial charge < -0.3 is 9.47 Å². The van der Waals surface area contributed by atoms with Crippen molar-refractivity contribution in [2.45, 2.75) is 13.1 Å². The third-order valence-corrected chi connectivity index (χ3v) is 5.36. The van der Waals surface area contributed by atoms with Crippen LogP contribution in [-0.2, 0) is 20.1 Å². The van der Waals surface area contributed by atoms with E-state index in [9.17, 15) is 14.0 Å². The van der Waals surface area contributed by atoms with E-state index in [0.717, 1.165) is 10.3 Å². The zero-order chi connectivity index (χ0) is 20.1. The van der Waals surface area contributed by atoms with Crippen molar-refractivity contribution >= 4 is 22.8 Å². The van der Waals surface area contributed by atoms with Crippen molar-refractivity contribution in [3.8, 4) is 0 Å². The summed E-state index contributed by atoms with van der Waals surface area (Å²) >= 11 is 0. The molecule has 3 heterocycles. The molecular weight excluding hydrogens is 373 g/mol. The first-order valence-corrected chi connectivity index (χ1v) is 9.32. The number of hydrogen-bond donors (Lipinski definition) is 0. The number of benzene rings is 2. The molecule has 0 bridgehead atoms. The van der Waals surface area contributed by atoms with Crippen LogP contribution >= 0.6 is 0 Å². The van der Waals surface area contributed by atoms with Gasteiger partial charge in [-0.25, -0.2) is 9.18 Å². The second-order valence-electron chi connectivity index (χ2n) is 7.05. The minimum absolute atomic E-state index is 0.128. The summed E-state index contributed by atoms with van der Waals surface area (Å²) < 4.78 is 18.4. The lowest BCUT2D eigenvalue weighted by Gasteiger charge is -2.15. The average Bonchev–Trinajstić information content (AvgIpc) is 3.31. The number of aryl methyl sites for hydroxylation is 1. The average molecular weight is 391 g/mol. The first-order valence-electron chi connectivity index (χ1n) is 9.32. The molecule has 0 N–H and O–H groups in total. The number of para-hydroxylation sites is 1. The molecule has 2 aromatic carbocycles. The second-order valence-corrected chi connectivity index (χ2v) is 7.05. The number of nitrogens with zero attached hydrogens (tertiary/aromatic N) is 5. The Morgan fingerprint density at radius 3 is 2.48 bits per heavy atom. The minimum Gasteiger partial charge on any atom is -0.310 e. The highest BCUT2D eigenvalue weighted by molar-refractivity contribution is 5.77. The first kappa shape index (κ1) is 17.4. The maximum Gasteiger partial charge on any atom is 0.332 e. The van der Waals surface area contributed by atoms with Gasteiger partial charge in [-0.05, 0) is 18.2 Å². The summed E-state index contributed by atoms with van der Waals surface area (Å²) in [5.74, 6) is 0.178. The highest BCUT2D eigenvalue weighted by Crippen LogP contribution is 2.31. The summed E-state index contributed by atoms with van der Waals surface area (Å²) in [6.45, 7) is 1.13. The van der Waals surface area contributed by atoms with Gasteiger partial charge in [-0.2, -0.15) is 4.98 Å². The summed E-state index contributed by atoms with van der Waals surface area (Å²) in [5, 5.41) is 0. The number of rotatable bonds is 3. The van der Waals surface area contributed by atoms with Crippen LogP contribution in [0.5, 0.6) is 0 Å². The monoisotopic (exact) mass is 391 g/mol. The van der Waals surface area contributed by atoms with Crippen molar-refractivity contribution in [1.82, 2.24) is 18.7 Å². The summed E-state index contributed by atoms with van der Waals surface area (Å²) in [6, 6.07) is 15.9. The fourth-order valence-corrected chi connectivity index (χ4v) is 3.87. The van der Waals surface area contributed by atoms with Gasteiger partial charge >= 0.3 is 5.69 Å². The molecule has 7 nitrogen and oxygen atoms in total. The van der Waals surface area contributed by atoms with Crippen LogP contribution in [0.1, 0.15) is 5.56 Å². The molecule has 4 aromatic rings. The molecule has 1 aliphatic heterocycles. The fraction of sp³-hybridized carbons (Fsp3) is 0.190. The second kappa shape index (κ2) is 6.44. The lowest BCUT2D eigenvalue weighted by Crippen LogP contribution is -2.40. The standard InChI is InChI=1S/C21H18FN5O2/c1-24-18-17(19(28)27(21(24)29)13-14-7-5-6-10-16(14)22)26-12-11-25(20(26)23-18)15-8-3-2-4-9-15/h2-10H,11-13H2,1H3. The number of aromatic nitrogens is 4. The molecule has 2 aromatic heterocycles. The number of imidazole rings is 1. The normalized spacial score (nSPS) is 13.2. The molecule has 8 heteroatoms. The summed E-state index contributed by atoms with van der Waals surface area (Å²) in [5.41, 5.74) is 0.974. The van der Waals surface area contributed by atoms with E-state index in [1.807, 2.05) is 39.8 Å². The van der Waals surface area contributed by atoms with Crippen LogP contribution < -0.4 is 16.1 Å². The van der Waals surface area contributed by atoms with Crippen molar-refractivity contribution < 1.29 is 4.39 Å². The lowest BCUT2D eigenvalue weighted by molar-refractivity contribution is 0.582. The predicted molar refractivity (Wildman–Crippen MR) is 108 cm³/mol. The highest BCUT2D eigenvalue weighted by Gasteiger charge is 2.28. The molecule has 146 valence electrons. The van der Waals surface area contributed by atoms with E-state index in [0.29, 0.717) is 30.2 Å². The van der Waals surface area contributed by atoms with Crippen molar-refractivity contribution in [3.63, 3.8) is 0 Å². The van der Waals surface area contributed by atoms with Crippen LogP contribution in [0, 0.1) is 5.82 Å². The molecule has 5 rings (SSSR count). The Morgan fingerprint density at radius 2 is 1.72 bits per heavy atom. The Kier molecular flexibility index (Phi) is 3.87. The molecule has 29 heavy (non-hydrogen) atoms. The van der Waals surface area contributed by atoms with E-state index in [2.05, 4.69) is 4.98 Å². The Balaban J connectivity index is 1.71. The van der Waals surface area contributed by atoms with Crippen LogP contribution in [0.15, 0.2) is 64.2 Å². The highest BCUT2D eigenvalue weighted by atomic mass is 19.1. The molecule has 0 amide bonds. The molecule has 0 atom stereocenters. The van der Waals surface area contributed by atoms with Crippen LogP contribution in [0.3, 0.4) is 0 Å². The lowest BCUT2D eigenvalue weighted by atomic mass is 10.2. The third-order valence-electron chi connectivity index (χ3n) is 5.36. The Bertz CT molecular complexity index is 1350. The molecule has 0 aliphatic carbocycles. The van der Waals surface area contributed by atoms with Crippen LogP contribution in [0.25, 0.3) is 11.2 Å². The quantitative estimate of drug-likeness (QED) is 0.537. The molecule has 0 saturated carbocycles. The molecule has 0 radical (unpaired) electrons. The summed E-state index contributed by atoms with van der Waals surface area (Å²) in [6.07, 6.45) is 0. The minimum atomic E-state index is -0.520. The van der Waals surface area contributed by atoms with E-state index < -0.39 is 17.1 Å². The number of anilines is 2. The van der Waals surface area contributed by atoms with Crippen molar-refractivity contribution in [2.75, 3.05) is 11.4 Å². The molecule has 0 saturated heterocycles. The van der Waals surface area contributed by atoms with Gasteiger partial charge in [0.1, 0.15) is 5.82 Å². The van der Waals surface area contributed by atoms with Gasteiger partial charge in [0.2, 0.25) is 5.95 Å². The maximum atomic E-state index is 14.1. The van der Waals surface area contributed by atoms with E-state index in [-0.39, 0.29) is 12.1 Å². The van der Waals surface area contributed by atoms with Crippen molar-refractivity contribution in [3.05, 3.63) is 86.8 Å².